The van der Waals surface area contributed by atoms with Gasteiger partial charge in [-0.3, -0.25) is 15.4 Å². The summed E-state index contributed by atoms with van der Waals surface area (Å²) in [6.45, 7) is 6.18. The second kappa shape index (κ2) is 9.33. The van der Waals surface area contributed by atoms with Gasteiger partial charge in [-0.2, -0.15) is 0 Å². The van der Waals surface area contributed by atoms with Crippen LogP contribution in [0.3, 0.4) is 0 Å². The number of carbonyl (C=O) groups is 2. The summed E-state index contributed by atoms with van der Waals surface area (Å²) in [5.41, 5.74) is 3.02. The number of fused-ring (bicyclic) bond motifs is 1. The number of thiazole rings is 2. The number of urea groups is 1. The van der Waals surface area contributed by atoms with E-state index in [1.807, 2.05) is 50.2 Å². The zero-order valence-electron chi connectivity index (χ0n) is 17.7. The Morgan fingerprint density at radius 1 is 0.969 bits per heavy atom. The van der Waals surface area contributed by atoms with E-state index in [4.69, 9.17) is 4.74 Å². The smallest absolute Gasteiger partial charge is 0.325 e. The van der Waals surface area contributed by atoms with Crippen LogP contribution >= 0.6 is 22.7 Å². The van der Waals surface area contributed by atoms with Gasteiger partial charge in [0.1, 0.15) is 10.6 Å². The fraction of sp³-hybridized carbons (Fsp3) is 0.182. The summed E-state index contributed by atoms with van der Waals surface area (Å²) in [5.74, 6) is 0.440. The molecular formula is C22H21N5O3S2. The number of carbonyl (C=O) groups excluding carboxylic acids is 2. The average molecular weight is 468 g/mol. The lowest BCUT2D eigenvalue weighted by atomic mass is 10.2. The fourth-order valence-corrected chi connectivity index (χ4v) is 4.76. The number of anilines is 3. The predicted molar refractivity (Wildman–Crippen MR) is 129 cm³/mol. The van der Waals surface area contributed by atoms with Gasteiger partial charge >= 0.3 is 6.03 Å². The van der Waals surface area contributed by atoms with Gasteiger partial charge in [0.05, 0.1) is 22.5 Å². The summed E-state index contributed by atoms with van der Waals surface area (Å²) in [5, 5.41) is 9.08. The molecule has 3 amide bonds. The molecule has 2 aromatic carbocycles. The number of aryl methyl sites for hydroxylation is 2. The summed E-state index contributed by atoms with van der Waals surface area (Å²) >= 11 is 2.47. The molecule has 2 heterocycles. The molecular weight excluding hydrogens is 446 g/mol. The van der Waals surface area contributed by atoms with Crippen LogP contribution < -0.4 is 20.7 Å². The van der Waals surface area contributed by atoms with Crippen LogP contribution in [0.2, 0.25) is 0 Å². The van der Waals surface area contributed by atoms with Crippen molar-refractivity contribution in [3.05, 3.63) is 58.6 Å². The van der Waals surface area contributed by atoms with Crippen molar-refractivity contribution >= 4 is 60.8 Å². The lowest BCUT2D eigenvalue weighted by Crippen LogP contribution is -2.19. The fourth-order valence-electron chi connectivity index (χ4n) is 3.01. The molecule has 4 aromatic rings. The third-order valence-electron chi connectivity index (χ3n) is 4.39. The van der Waals surface area contributed by atoms with Gasteiger partial charge in [-0.25, -0.2) is 14.8 Å². The molecule has 0 bridgehead atoms. The van der Waals surface area contributed by atoms with E-state index >= 15 is 0 Å². The van der Waals surface area contributed by atoms with Gasteiger partial charge in [-0.1, -0.05) is 34.8 Å². The molecule has 0 saturated carbocycles. The number of ether oxygens (including phenoxy) is 1. The van der Waals surface area contributed by atoms with E-state index in [1.165, 1.54) is 11.3 Å². The first-order valence-electron chi connectivity index (χ1n) is 9.88. The highest BCUT2D eigenvalue weighted by Gasteiger charge is 2.18. The number of hydrogen-bond donors (Lipinski definition) is 3. The average Bonchev–Trinajstić information content (AvgIpc) is 3.30. The molecule has 0 fully saturated rings. The van der Waals surface area contributed by atoms with Crippen molar-refractivity contribution in [2.24, 2.45) is 0 Å². The molecule has 32 heavy (non-hydrogen) atoms. The van der Waals surface area contributed by atoms with Crippen molar-refractivity contribution in [3.8, 4) is 5.75 Å². The minimum atomic E-state index is -0.424. The third kappa shape index (κ3) is 5.04. The number of amides is 3. The Labute approximate surface area is 192 Å². The highest BCUT2D eigenvalue weighted by atomic mass is 32.1. The molecule has 2 aromatic heterocycles. The zero-order chi connectivity index (χ0) is 22.7. The lowest BCUT2D eigenvalue weighted by Gasteiger charge is -2.05. The summed E-state index contributed by atoms with van der Waals surface area (Å²) in [6, 6.07) is 12.7. The second-order valence-electron chi connectivity index (χ2n) is 6.92. The van der Waals surface area contributed by atoms with Gasteiger partial charge in [0.2, 0.25) is 0 Å². The molecule has 0 unspecified atom stereocenters. The predicted octanol–water partition coefficient (Wildman–Crippen LogP) is 5.66. The Morgan fingerprint density at radius 2 is 1.78 bits per heavy atom. The maximum atomic E-state index is 12.8. The molecule has 3 N–H and O–H groups in total. The topological polar surface area (TPSA) is 105 Å². The number of nitrogens with one attached hydrogen (secondary N) is 3. The summed E-state index contributed by atoms with van der Waals surface area (Å²) in [6.07, 6.45) is 0. The van der Waals surface area contributed by atoms with Crippen molar-refractivity contribution in [1.29, 1.82) is 0 Å². The van der Waals surface area contributed by atoms with Crippen LogP contribution in [0.4, 0.5) is 20.7 Å². The van der Waals surface area contributed by atoms with Gasteiger partial charge in [0.15, 0.2) is 10.3 Å². The normalized spacial score (nSPS) is 10.7. The maximum absolute atomic E-state index is 12.8. The molecule has 0 radical (unpaired) electrons. The van der Waals surface area contributed by atoms with E-state index in [0.29, 0.717) is 33.1 Å². The molecule has 0 spiro atoms. The van der Waals surface area contributed by atoms with Gasteiger partial charge in [0.25, 0.3) is 5.91 Å². The molecule has 8 nitrogen and oxygen atoms in total. The van der Waals surface area contributed by atoms with Crippen molar-refractivity contribution in [1.82, 2.24) is 9.97 Å². The van der Waals surface area contributed by atoms with E-state index in [-0.39, 0.29) is 5.91 Å². The quantitative estimate of drug-likeness (QED) is 0.339. The van der Waals surface area contributed by atoms with E-state index in [1.54, 1.807) is 13.0 Å². The number of rotatable bonds is 6. The zero-order valence-corrected chi connectivity index (χ0v) is 19.3. The Bertz CT molecular complexity index is 1300. The molecule has 164 valence electrons. The highest BCUT2D eigenvalue weighted by molar-refractivity contribution is 7.22. The highest BCUT2D eigenvalue weighted by Crippen LogP contribution is 2.30. The second-order valence-corrected chi connectivity index (χ2v) is 8.95. The Morgan fingerprint density at radius 3 is 2.56 bits per heavy atom. The largest absolute Gasteiger partial charge is 0.494 e. The Kier molecular flexibility index (Phi) is 6.33. The van der Waals surface area contributed by atoms with Crippen molar-refractivity contribution in [2.75, 3.05) is 22.6 Å². The van der Waals surface area contributed by atoms with Crippen LogP contribution in [-0.2, 0) is 0 Å². The number of nitrogens with zero attached hydrogens (tertiary/aromatic N) is 2. The maximum Gasteiger partial charge on any atom is 0.325 e. The summed E-state index contributed by atoms with van der Waals surface area (Å²) in [7, 11) is 0. The summed E-state index contributed by atoms with van der Waals surface area (Å²) < 4.78 is 6.43. The van der Waals surface area contributed by atoms with Crippen LogP contribution in [0.15, 0.2) is 42.5 Å². The van der Waals surface area contributed by atoms with Crippen molar-refractivity contribution in [2.45, 2.75) is 20.8 Å². The summed E-state index contributed by atoms with van der Waals surface area (Å²) in [4.78, 5) is 34.2. The SMILES string of the molecule is CCOc1ccc2nc(NC(=O)c3sc(NC(=O)Nc4cccc(C)c4)nc3C)sc2c1. The van der Waals surface area contributed by atoms with Crippen LogP contribution in [0.1, 0.15) is 27.9 Å². The molecule has 0 aliphatic carbocycles. The van der Waals surface area contributed by atoms with Crippen LogP contribution in [0, 0.1) is 13.8 Å². The van der Waals surface area contributed by atoms with Crippen molar-refractivity contribution in [3.63, 3.8) is 0 Å². The number of hydrogen-bond acceptors (Lipinski definition) is 7. The third-order valence-corrected chi connectivity index (χ3v) is 6.40. The van der Waals surface area contributed by atoms with E-state index in [2.05, 4.69) is 25.9 Å². The molecule has 0 atom stereocenters. The number of benzene rings is 2. The van der Waals surface area contributed by atoms with Crippen LogP contribution in [0.5, 0.6) is 5.75 Å². The molecule has 10 heteroatoms. The van der Waals surface area contributed by atoms with E-state index < -0.39 is 6.03 Å². The Hall–Kier alpha value is -3.50. The van der Waals surface area contributed by atoms with E-state index in [9.17, 15) is 9.59 Å². The van der Waals surface area contributed by atoms with Crippen LogP contribution in [0.25, 0.3) is 10.2 Å². The van der Waals surface area contributed by atoms with Gasteiger partial charge in [-0.05, 0) is 56.7 Å². The monoisotopic (exact) mass is 467 g/mol. The first-order chi connectivity index (χ1) is 15.4. The van der Waals surface area contributed by atoms with E-state index in [0.717, 1.165) is 32.9 Å². The first-order valence-corrected chi connectivity index (χ1v) is 11.5. The molecule has 4 rings (SSSR count). The number of aromatic nitrogens is 2. The van der Waals surface area contributed by atoms with Gasteiger partial charge < -0.3 is 10.1 Å². The minimum Gasteiger partial charge on any atom is -0.494 e. The lowest BCUT2D eigenvalue weighted by molar-refractivity contribution is 0.103. The first kappa shape index (κ1) is 21.7. The van der Waals surface area contributed by atoms with Crippen molar-refractivity contribution < 1.29 is 14.3 Å². The Balaban J connectivity index is 1.43. The van der Waals surface area contributed by atoms with Crippen LogP contribution in [-0.4, -0.2) is 28.5 Å². The molecule has 0 saturated heterocycles. The standard InChI is InChI=1S/C22H21N5O3S2/c1-4-30-15-8-9-16-17(11-15)31-22(25-16)26-19(28)18-13(3)23-21(32-18)27-20(29)24-14-7-5-6-12(2)10-14/h5-11H,4H2,1-3H3,(H,25,26,28)(H2,23,24,27,29). The molecule has 0 aliphatic heterocycles. The molecule has 0 aliphatic rings. The van der Waals surface area contributed by atoms with Gasteiger partial charge in [-0.15, -0.1) is 0 Å². The van der Waals surface area contributed by atoms with Gasteiger partial charge in [0, 0.05) is 5.69 Å². The minimum absolute atomic E-state index is 0.323.